The summed E-state index contributed by atoms with van der Waals surface area (Å²) in [7, 11) is -3.31. The van der Waals surface area contributed by atoms with Crippen molar-refractivity contribution in [3.8, 4) is 0 Å². The monoisotopic (exact) mass is 349 g/mol. The molecule has 1 aliphatic heterocycles. The molecule has 0 spiro atoms. The zero-order valence-electron chi connectivity index (χ0n) is 13.3. The van der Waals surface area contributed by atoms with E-state index in [-0.39, 0.29) is 16.7 Å². The third kappa shape index (κ3) is 3.61. The molecule has 0 radical (unpaired) electrons. The van der Waals surface area contributed by atoms with Crippen LogP contribution in [0.25, 0.3) is 0 Å². The highest BCUT2D eigenvalue weighted by atomic mass is 32.2. The van der Waals surface area contributed by atoms with E-state index in [4.69, 9.17) is 0 Å². The number of rotatable bonds is 4. The maximum absolute atomic E-state index is 12.5. The van der Waals surface area contributed by atoms with Gasteiger partial charge < -0.3 is 4.90 Å². The number of carbonyl (C=O) groups excluding carboxylic acids is 1. The fourth-order valence-corrected chi connectivity index (χ4v) is 3.86. The van der Waals surface area contributed by atoms with Gasteiger partial charge in [0.2, 0.25) is 0 Å². The van der Waals surface area contributed by atoms with Gasteiger partial charge in [-0.3, -0.25) is 14.9 Å². The molecule has 8 nitrogen and oxygen atoms in total. The van der Waals surface area contributed by atoms with Crippen LogP contribution in [-0.2, 0) is 16.3 Å². The Morgan fingerprint density at radius 2 is 2.21 bits per heavy atom. The molecule has 1 aliphatic rings. The average Bonchev–Trinajstić information content (AvgIpc) is 3.04. The van der Waals surface area contributed by atoms with E-state index < -0.39 is 9.84 Å². The molecule has 0 bridgehead atoms. The molecule has 2 aromatic rings. The van der Waals surface area contributed by atoms with Gasteiger partial charge in [0.25, 0.3) is 5.91 Å². The first-order chi connectivity index (χ1) is 11.4. The number of carbonyl (C=O) groups is 1. The minimum absolute atomic E-state index is 0.138. The van der Waals surface area contributed by atoms with Crippen LogP contribution in [0, 0.1) is 5.92 Å². The molecule has 24 heavy (non-hydrogen) atoms. The minimum atomic E-state index is -3.31. The molecule has 2 aromatic heterocycles. The second kappa shape index (κ2) is 6.68. The summed E-state index contributed by atoms with van der Waals surface area (Å²) < 4.78 is 23.5. The lowest BCUT2D eigenvalue weighted by atomic mass is 9.93. The van der Waals surface area contributed by atoms with Crippen molar-refractivity contribution in [3.63, 3.8) is 0 Å². The van der Waals surface area contributed by atoms with E-state index >= 15 is 0 Å². The zero-order chi connectivity index (χ0) is 17.2. The van der Waals surface area contributed by atoms with E-state index in [1.165, 1.54) is 31.0 Å². The molecule has 0 aromatic carbocycles. The lowest BCUT2D eigenvalue weighted by Gasteiger charge is -2.32. The molecule has 0 aliphatic carbocycles. The predicted octanol–water partition coefficient (Wildman–Crippen LogP) is 0.698. The Kier molecular flexibility index (Phi) is 4.61. The Hall–Kier alpha value is -2.29. The molecule has 3 heterocycles. The quantitative estimate of drug-likeness (QED) is 0.870. The Morgan fingerprint density at radius 1 is 1.38 bits per heavy atom. The smallest absolute Gasteiger partial charge is 0.274 e. The van der Waals surface area contributed by atoms with Gasteiger partial charge in [-0.05, 0) is 25.2 Å². The molecular formula is C15H19N5O3S. The fraction of sp³-hybridized carbons (Fsp3) is 0.467. The van der Waals surface area contributed by atoms with Gasteiger partial charge in [0.05, 0.1) is 18.1 Å². The molecule has 0 unspecified atom stereocenters. The Morgan fingerprint density at radius 3 is 2.92 bits per heavy atom. The van der Waals surface area contributed by atoms with Crippen LogP contribution < -0.4 is 0 Å². The summed E-state index contributed by atoms with van der Waals surface area (Å²) in [5.41, 5.74) is 0.938. The highest BCUT2D eigenvalue weighted by Gasteiger charge is 2.27. The fourth-order valence-electron chi connectivity index (χ4n) is 3.04. The zero-order valence-corrected chi connectivity index (χ0v) is 14.2. The average molecular weight is 349 g/mol. The molecule has 1 saturated heterocycles. The number of hydrogen-bond donors (Lipinski definition) is 1. The van der Waals surface area contributed by atoms with Crippen molar-refractivity contribution in [3.05, 3.63) is 36.2 Å². The van der Waals surface area contributed by atoms with Crippen molar-refractivity contribution in [2.24, 2.45) is 5.92 Å². The first kappa shape index (κ1) is 16.6. The Balaban J connectivity index is 1.71. The molecule has 0 saturated carbocycles. The molecule has 1 amide bonds. The SMILES string of the molecule is CS(=O)(=O)c1cn[nH]c1C[C@@H]1CCCN(C(=O)c2cnccn2)C1. The molecule has 128 valence electrons. The number of H-pyrrole nitrogens is 1. The lowest BCUT2D eigenvalue weighted by Crippen LogP contribution is -2.41. The highest BCUT2D eigenvalue weighted by molar-refractivity contribution is 7.90. The van der Waals surface area contributed by atoms with Crippen molar-refractivity contribution in [1.29, 1.82) is 0 Å². The number of aromatic amines is 1. The van der Waals surface area contributed by atoms with Gasteiger partial charge >= 0.3 is 0 Å². The summed E-state index contributed by atoms with van der Waals surface area (Å²) in [4.78, 5) is 22.5. The molecule has 1 fully saturated rings. The van der Waals surface area contributed by atoms with Crippen molar-refractivity contribution >= 4 is 15.7 Å². The number of nitrogens with one attached hydrogen (secondary N) is 1. The maximum Gasteiger partial charge on any atom is 0.274 e. The van der Waals surface area contributed by atoms with E-state index in [1.54, 1.807) is 4.90 Å². The van der Waals surface area contributed by atoms with Crippen LogP contribution in [0.3, 0.4) is 0 Å². The van der Waals surface area contributed by atoms with Crippen LogP contribution in [-0.4, -0.2) is 58.7 Å². The highest BCUT2D eigenvalue weighted by Crippen LogP contribution is 2.24. The summed E-state index contributed by atoms with van der Waals surface area (Å²) in [6, 6.07) is 0. The number of nitrogens with zero attached hydrogens (tertiary/aromatic N) is 4. The van der Waals surface area contributed by atoms with Gasteiger partial charge in [-0.25, -0.2) is 13.4 Å². The summed E-state index contributed by atoms with van der Waals surface area (Å²) in [5.74, 6) is 0.0427. The first-order valence-electron chi connectivity index (χ1n) is 7.72. The number of aromatic nitrogens is 4. The first-order valence-corrected chi connectivity index (χ1v) is 9.62. The van der Waals surface area contributed by atoms with Crippen LogP contribution in [0.1, 0.15) is 29.0 Å². The van der Waals surface area contributed by atoms with Gasteiger partial charge in [-0.1, -0.05) is 0 Å². The normalized spacial score (nSPS) is 18.5. The number of amides is 1. The number of sulfone groups is 1. The van der Waals surface area contributed by atoms with Gasteiger partial charge in [0.1, 0.15) is 10.6 Å². The van der Waals surface area contributed by atoms with Gasteiger partial charge in [0, 0.05) is 31.7 Å². The van der Waals surface area contributed by atoms with Crippen LogP contribution in [0.4, 0.5) is 0 Å². The third-order valence-electron chi connectivity index (χ3n) is 4.16. The van der Waals surface area contributed by atoms with E-state index in [9.17, 15) is 13.2 Å². The largest absolute Gasteiger partial charge is 0.337 e. The summed E-state index contributed by atoms with van der Waals surface area (Å²) in [6.07, 6.45) is 9.36. The number of likely N-dealkylation sites (tertiary alicyclic amines) is 1. The second-order valence-corrected chi connectivity index (χ2v) is 8.02. The molecule has 1 N–H and O–H groups in total. The predicted molar refractivity (Wildman–Crippen MR) is 86.1 cm³/mol. The second-order valence-electron chi connectivity index (χ2n) is 6.04. The van der Waals surface area contributed by atoms with Crippen molar-refractivity contribution in [2.75, 3.05) is 19.3 Å². The Bertz CT molecular complexity index is 819. The number of hydrogen-bond acceptors (Lipinski definition) is 6. The minimum Gasteiger partial charge on any atom is -0.337 e. The van der Waals surface area contributed by atoms with Crippen LogP contribution >= 0.6 is 0 Å². The third-order valence-corrected chi connectivity index (χ3v) is 5.31. The van der Waals surface area contributed by atoms with Gasteiger partial charge in [-0.15, -0.1) is 0 Å². The van der Waals surface area contributed by atoms with Crippen LogP contribution in [0.2, 0.25) is 0 Å². The van der Waals surface area contributed by atoms with E-state index in [0.717, 1.165) is 12.8 Å². The number of piperidine rings is 1. The standard InChI is InChI=1S/C15H19N5O3S/c1-24(22,23)14-9-18-19-12(14)7-11-3-2-6-20(10-11)15(21)13-8-16-4-5-17-13/h4-5,8-9,11H,2-3,6-7,10H2,1H3,(H,18,19)/t11-/m0/s1. The molecule has 1 atom stereocenters. The van der Waals surface area contributed by atoms with E-state index in [1.807, 2.05) is 0 Å². The summed E-state index contributed by atoms with van der Waals surface area (Å²) in [5, 5.41) is 6.63. The van der Waals surface area contributed by atoms with Crippen molar-refractivity contribution in [2.45, 2.75) is 24.2 Å². The van der Waals surface area contributed by atoms with Crippen molar-refractivity contribution < 1.29 is 13.2 Å². The molecule has 9 heteroatoms. The van der Waals surface area contributed by atoms with E-state index in [2.05, 4.69) is 20.2 Å². The van der Waals surface area contributed by atoms with Crippen molar-refractivity contribution in [1.82, 2.24) is 25.1 Å². The van der Waals surface area contributed by atoms with Crippen LogP contribution in [0.15, 0.2) is 29.7 Å². The summed E-state index contributed by atoms with van der Waals surface area (Å²) in [6.45, 7) is 1.24. The molecular weight excluding hydrogens is 330 g/mol. The summed E-state index contributed by atoms with van der Waals surface area (Å²) >= 11 is 0. The topological polar surface area (TPSA) is 109 Å². The molecule has 3 rings (SSSR count). The van der Waals surface area contributed by atoms with Gasteiger partial charge in [-0.2, -0.15) is 5.10 Å². The van der Waals surface area contributed by atoms with Crippen LogP contribution in [0.5, 0.6) is 0 Å². The van der Waals surface area contributed by atoms with Gasteiger partial charge in [0.15, 0.2) is 9.84 Å². The maximum atomic E-state index is 12.5. The lowest BCUT2D eigenvalue weighted by molar-refractivity contribution is 0.0666. The Labute approximate surface area is 140 Å². The van der Waals surface area contributed by atoms with E-state index in [0.29, 0.717) is 30.9 Å².